The molecule has 0 saturated heterocycles. The van der Waals surface area contributed by atoms with E-state index in [0.29, 0.717) is 26.1 Å². The summed E-state index contributed by atoms with van der Waals surface area (Å²) in [6.07, 6.45) is 1.85. The number of methoxy groups -OCH3 is 1. The number of hydrogen-bond acceptors (Lipinski definition) is 5. The smallest absolute Gasteiger partial charge is 0.331 e. The molecule has 1 rings (SSSR count). The van der Waals surface area contributed by atoms with Gasteiger partial charge in [0.1, 0.15) is 6.54 Å². The van der Waals surface area contributed by atoms with Crippen molar-refractivity contribution in [3.8, 4) is 0 Å². The number of aromatic nitrogens is 2. The number of carbonyl (C=O) groups excluding carboxylic acids is 1. The normalized spacial score (nSPS) is 10.5. The lowest BCUT2D eigenvalue weighted by molar-refractivity contribution is -0.121. The molecular formula is C12H20N4O4. The second kappa shape index (κ2) is 8.28. The van der Waals surface area contributed by atoms with E-state index in [4.69, 9.17) is 10.5 Å². The third kappa shape index (κ3) is 4.63. The number of hydrogen-bond donors (Lipinski definition) is 2. The Morgan fingerprint density at radius 3 is 2.85 bits per heavy atom. The quantitative estimate of drug-likeness (QED) is 0.543. The Labute approximate surface area is 116 Å². The van der Waals surface area contributed by atoms with Gasteiger partial charge in [-0.1, -0.05) is 0 Å². The van der Waals surface area contributed by atoms with Gasteiger partial charge in [-0.15, -0.1) is 0 Å². The molecule has 0 aliphatic rings. The zero-order valence-electron chi connectivity index (χ0n) is 11.5. The van der Waals surface area contributed by atoms with Crippen LogP contribution in [0.4, 0.5) is 0 Å². The summed E-state index contributed by atoms with van der Waals surface area (Å²) in [6.45, 7) is 1.28. The average molecular weight is 284 g/mol. The number of carbonyl (C=O) groups is 1. The molecule has 8 nitrogen and oxygen atoms in total. The molecule has 0 bridgehead atoms. The van der Waals surface area contributed by atoms with Gasteiger partial charge in [0.15, 0.2) is 0 Å². The first kappa shape index (κ1) is 16.1. The van der Waals surface area contributed by atoms with Crippen molar-refractivity contribution < 1.29 is 9.53 Å². The van der Waals surface area contributed by atoms with Gasteiger partial charge >= 0.3 is 5.69 Å². The van der Waals surface area contributed by atoms with E-state index in [1.54, 1.807) is 0 Å². The monoisotopic (exact) mass is 284 g/mol. The molecule has 0 unspecified atom stereocenters. The summed E-state index contributed by atoms with van der Waals surface area (Å²) in [5.74, 6) is -0.312. The van der Waals surface area contributed by atoms with Gasteiger partial charge in [-0.3, -0.25) is 18.7 Å². The predicted molar refractivity (Wildman–Crippen MR) is 73.5 cm³/mol. The fraction of sp³-hybridized carbons (Fsp3) is 0.583. The summed E-state index contributed by atoms with van der Waals surface area (Å²) >= 11 is 0. The van der Waals surface area contributed by atoms with Crippen LogP contribution in [0.25, 0.3) is 0 Å². The molecule has 0 aliphatic carbocycles. The molecule has 0 spiro atoms. The third-order valence-electron chi connectivity index (χ3n) is 2.67. The minimum Gasteiger partial charge on any atom is -0.383 e. The molecule has 8 heteroatoms. The van der Waals surface area contributed by atoms with Crippen LogP contribution in [-0.2, 0) is 22.6 Å². The molecule has 0 aliphatic heterocycles. The molecule has 0 aromatic carbocycles. The maximum absolute atomic E-state index is 12.0. The second-order valence-electron chi connectivity index (χ2n) is 4.20. The van der Waals surface area contributed by atoms with Gasteiger partial charge in [0, 0.05) is 32.5 Å². The number of nitrogens with one attached hydrogen (secondary N) is 1. The lowest BCUT2D eigenvalue weighted by atomic mass is 10.4. The summed E-state index contributed by atoms with van der Waals surface area (Å²) in [4.78, 5) is 35.2. The molecule has 20 heavy (non-hydrogen) atoms. The van der Waals surface area contributed by atoms with Crippen LogP contribution >= 0.6 is 0 Å². The molecule has 1 amide bonds. The first-order chi connectivity index (χ1) is 9.60. The van der Waals surface area contributed by atoms with Crippen molar-refractivity contribution in [3.63, 3.8) is 0 Å². The highest BCUT2D eigenvalue weighted by Gasteiger charge is 2.08. The van der Waals surface area contributed by atoms with Crippen LogP contribution < -0.4 is 22.3 Å². The topological polar surface area (TPSA) is 108 Å². The van der Waals surface area contributed by atoms with Crippen LogP contribution in [0.15, 0.2) is 21.9 Å². The van der Waals surface area contributed by atoms with Crippen molar-refractivity contribution in [3.05, 3.63) is 33.1 Å². The Hall–Kier alpha value is -1.93. The zero-order chi connectivity index (χ0) is 15.0. The molecule has 0 atom stereocenters. The molecule has 1 aromatic heterocycles. The molecule has 3 N–H and O–H groups in total. The average Bonchev–Trinajstić information content (AvgIpc) is 2.42. The Morgan fingerprint density at radius 1 is 1.45 bits per heavy atom. The van der Waals surface area contributed by atoms with Crippen molar-refractivity contribution in [2.45, 2.75) is 19.5 Å². The van der Waals surface area contributed by atoms with E-state index < -0.39 is 5.69 Å². The van der Waals surface area contributed by atoms with Crippen molar-refractivity contribution in [2.24, 2.45) is 5.73 Å². The minimum absolute atomic E-state index is 0.133. The largest absolute Gasteiger partial charge is 0.383 e. The van der Waals surface area contributed by atoms with E-state index in [1.165, 1.54) is 23.9 Å². The van der Waals surface area contributed by atoms with Gasteiger partial charge in [-0.2, -0.15) is 0 Å². The van der Waals surface area contributed by atoms with Gasteiger partial charge in [0.2, 0.25) is 5.91 Å². The number of rotatable bonds is 8. The predicted octanol–water partition coefficient (Wildman–Crippen LogP) is -1.88. The summed E-state index contributed by atoms with van der Waals surface area (Å²) in [5, 5.41) is 2.61. The zero-order valence-corrected chi connectivity index (χ0v) is 11.5. The SMILES string of the molecule is COCCNC(=O)Cn1ccc(=O)n(CCCN)c1=O. The maximum atomic E-state index is 12.0. The molecule has 0 saturated carbocycles. The van der Waals surface area contributed by atoms with Gasteiger partial charge < -0.3 is 15.8 Å². The van der Waals surface area contributed by atoms with E-state index in [0.717, 1.165) is 4.57 Å². The maximum Gasteiger partial charge on any atom is 0.331 e. The molecule has 0 fully saturated rings. The lowest BCUT2D eigenvalue weighted by Crippen LogP contribution is -2.42. The number of amides is 1. The molecule has 1 aromatic rings. The number of ether oxygens (including phenoxy) is 1. The van der Waals surface area contributed by atoms with Crippen LogP contribution in [0, 0.1) is 0 Å². The van der Waals surface area contributed by atoms with Gasteiger partial charge in [0.05, 0.1) is 6.61 Å². The van der Waals surface area contributed by atoms with Crippen molar-refractivity contribution in [2.75, 3.05) is 26.8 Å². The minimum atomic E-state index is -0.507. The Kier molecular flexibility index (Phi) is 6.68. The molecule has 0 radical (unpaired) electrons. The highest BCUT2D eigenvalue weighted by Crippen LogP contribution is 1.83. The standard InChI is InChI=1S/C12H20N4O4/c1-20-8-5-14-10(17)9-15-7-3-11(18)16(12(15)19)6-2-4-13/h3,7H,2,4-6,8-9,13H2,1H3,(H,14,17). The van der Waals surface area contributed by atoms with Gasteiger partial charge in [0.25, 0.3) is 5.56 Å². The Balaban J connectivity index is 2.78. The Morgan fingerprint density at radius 2 is 2.20 bits per heavy atom. The first-order valence-electron chi connectivity index (χ1n) is 6.36. The van der Waals surface area contributed by atoms with Gasteiger partial charge in [-0.05, 0) is 13.0 Å². The molecular weight excluding hydrogens is 264 g/mol. The second-order valence-corrected chi connectivity index (χ2v) is 4.20. The Bertz CT molecular complexity index is 549. The van der Waals surface area contributed by atoms with Crippen molar-refractivity contribution in [1.29, 1.82) is 0 Å². The first-order valence-corrected chi connectivity index (χ1v) is 6.36. The van der Waals surface area contributed by atoms with Crippen molar-refractivity contribution >= 4 is 5.91 Å². The van der Waals surface area contributed by atoms with Crippen LogP contribution in [0.2, 0.25) is 0 Å². The van der Waals surface area contributed by atoms with Crippen LogP contribution in [-0.4, -0.2) is 41.8 Å². The van der Waals surface area contributed by atoms with E-state index in [9.17, 15) is 14.4 Å². The van der Waals surface area contributed by atoms with E-state index >= 15 is 0 Å². The lowest BCUT2D eigenvalue weighted by Gasteiger charge is -2.09. The van der Waals surface area contributed by atoms with Crippen LogP contribution in [0.5, 0.6) is 0 Å². The van der Waals surface area contributed by atoms with E-state index in [1.807, 2.05) is 0 Å². The van der Waals surface area contributed by atoms with Crippen molar-refractivity contribution in [1.82, 2.24) is 14.5 Å². The summed E-state index contributed by atoms with van der Waals surface area (Å²) in [5.41, 5.74) is 4.47. The molecule has 112 valence electrons. The summed E-state index contributed by atoms with van der Waals surface area (Å²) < 4.78 is 7.08. The van der Waals surface area contributed by atoms with E-state index in [2.05, 4.69) is 5.32 Å². The molecule has 1 heterocycles. The highest BCUT2D eigenvalue weighted by atomic mass is 16.5. The van der Waals surface area contributed by atoms with Gasteiger partial charge in [-0.25, -0.2) is 4.79 Å². The van der Waals surface area contributed by atoms with Crippen LogP contribution in [0.3, 0.4) is 0 Å². The fourth-order valence-electron chi connectivity index (χ4n) is 1.64. The number of nitrogens with zero attached hydrogens (tertiary/aromatic N) is 2. The summed E-state index contributed by atoms with van der Waals surface area (Å²) in [6, 6.07) is 1.26. The number of nitrogens with two attached hydrogens (primary N) is 1. The highest BCUT2D eigenvalue weighted by molar-refractivity contribution is 5.75. The third-order valence-corrected chi connectivity index (χ3v) is 2.67. The fourth-order valence-corrected chi connectivity index (χ4v) is 1.64. The van der Waals surface area contributed by atoms with Crippen LogP contribution in [0.1, 0.15) is 6.42 Å². The summed E-state index contributed by atoms with van der Waals surface area (Å²) in [7, 11) is 1.53. The van der Waals surface area contributed by atoms with E-state index in [-0.39, 0.29) is 24.6 Å².